The van der Waals surface area contributed by atoms with Crippen molar-refractivity contribution in [2.24, 2.45) is 5.73 Å². The summed E-state index contributed by atoms with van der Waals surface area (Å²) in [4.78, 5) is 35.2. The summed E-state index contributed by atoms with van der Waals surface area (Å²) < 4.78 is 19.8. The Morgan fingerprint density at radius 3 is 2.32 bits per heavy atom. The first-order valence-electron chi connectivity index (χ1n) is 6.42. The summed E-state index contributed by atoms with van der Waals surface area (Å²) in [5.74, 6) is -2.97. The van der Waals surface area contributed by atoms with Gasteiger partial charge in [-0.25, -0.2) is 9.59 Å². The fourth-order valence-corrected chi connectivity index (χ4v) is 1.79. The van der Waals surface area contributed by atoms with Gasteiger partial charge in [0.15, 0.2) is 5.76 Å². The molecule has 0 saturated heterocycles. The molecule has 0 fully saturated rings. The molecule has 0 spiro atoms. The fourth-order valence-electron chi connectivity index (χ4n) is 1.40. The smallest absolute Gasteiger partial charge is 0.457 e. The highest BCUT2D eigenvalue weighted by Crippen LogP contribution is 2.26. The molecule has 2 N–H and O–H groups in total. The molecule has 124 valence electrons. The summed E-state index contributed by atoms with van der Waals surface area (Å²) in [6, 6.07) is -0.962. The van der Waals surface area contributed by atoms with E-state index in [0.717, 1.165) is 0 Å². The number of ether oxygens (including phenoxy) is 2. The number of hydrogen-bond donors (Lipinski definition) is 1. The standard InChI is InChI=1S/C13H18BrNO7/c1-6(15)10(16)20-9(11(17)22-13(2,3)4)8-7(5-14)19-12(18)21-8/h6,9H,5,15H2,1-4H3/t6-,9?/m0/s1. The zero-order chi connectivity index (χ0) is 17.1. The lowest BCUT2D eigenvalue weighted by atomic mass is 10.2. The monoisotopic (exact) mass is 379 g/mol. The van der Waals surface area contributed by atoms with Crippen molar-refractivity contribution in [1.82, 2.24) is 0 Å². The molecule has 1 aromatic rings. The zero-order valence-corrected chi connectivity index (χ0v) is 14.3. The molecule has 0 saturated carbocycles. The van der Waals surface area contributed by atoms with Crippen molar-refractivity contribution in [3.8, 4) is 0 Å². The molecule has 22 heavy (non-hydrogen) atoms. The van der Waals surface area contributed by atoms with Crippen molar-refractivity contribution in [3.05, 3.63) is 22.1 Å². The maximum absolute atomic E-state index is 12.2. The molecular weight excluding hydrogens is 362 g/mol. The predicted octanol–water partition coefficient (Wildman–Crippen LogP) is 1.40. The Labute approximate surface area is 135 Å². The number of rotatable bonds is 5. The second-order valence-electron chi connectivity index (χ2n) is 5.51. The van der Waals surface area contributed by atoms with Crippen LogP contribution in [0.15, 0.2) is 13.6 Å². The summed E-state index contributed by atoms with van der Waals surface area (Å²) >= 11 is 3.09. The second-order valence-corrected chi connectivity index (χ2v) is 6.07. The third-order valence-corrected chi connectivity index (χ3v) is 2.77. The Morgan fingerprint density at radius 2 is 1.86 bits per heavy atom. The van der Waals surface area contributed by atoms with E-state index in [0.29, 0.717) is 0 Å². The highest BCUT2D eigenvalue weighted by molar-refractivity contribution is 9.08. The summed E-state index contributed by atoms with van der Waals surface area (Å²) in [6.07, 6.45) is -1.57. The summed E-state index contributed by atoms with van der Waals surface area (Å²) in [5, 5.41) is 0.0864. The molecule has 1 aromatic heterocycles. The molecule has 0 amide bonds. The normalized spacial score (nSPS) is 14.3. The van der Waals surface area contributed by atoms with Gasteiger partial charge >= 0.3 is 17.8 Å². The van der Waals surface area contributed by atoms with Crippen molar-refractivity contribution in [1.29, 1.82) is 0 Å². The third kappa shape index (κ3) is 4.99. The van der Waals surface area contributed by atoms with Gasteiger partial charge in [0, 0.05) is 0 Å². The van der Waals surface area contributed by atoms with Crippen molar-refractivity contribution in [2.75, 3.05) is 0 Å². The average Bonchev–Trinajstić information content (AvgIpc) is 2.74. The molecule has 0 aromatic carbocycles. The van der Waals surface area contributed by atoms with Crippen LogP contribution < -0.4 is 11.6 Å². The van der Waals surface area contributed by atoms with Gasteiger partial charge in [-0.15, -0.1) is 0 Å². The molecule has 0 radical (unpaired) electrons. The Balaban J connectivity index is 3.18. The number of alkyl halides is 1. The van der Waals surface area contributed by atoms with E-state index in [1.165, 1.54) is 6.92 Å². The van der Waals surface area contributed by atoms with Crippen LogP contribution >= 0.6 is 15.9 Å². The molecule has 1 rings (SSSR count). The first-order valence-corrected chi connectivity index (χ1v) is 7.55. The minimum absolute atomic E-state index is 0.0262. The Morgan fingerprint density at radius 1 is 1.27 bits per heavy atom. The van der Waals surface area contributed by atoms with E-state index in [2.05, 4.69) is 15.9 Å². The van der Waals surface area contributed by atoms with Gasteiger partial charge in [-0.3, -0.25) is 4.79 Å². The lowest BCUT2D eigenvalue weighted by Crippen LogP contribution is -2.35. The van der Waals surface area contributed by atoms with Gasteiger partial charge in [-0.05, 0) is 27.7 Å². The van der Waals surface area contributed by atoms with Crippen LogP contribution in [-0.4, -0.2) is 23.6 Å². The molecule has 9 heteroatoms. The molecule has 0 bridgehead atoms. The number of carbonyl (C=O) groups excluding carboxylic acids is 2. The SMILES string of the molecule is C[C@H](N)C(=O)OC(C(=O)OC(C)(C)C)c1oc(=O)oc1CBr. The van der Waals surface area contributed by atoms with E-state index in [1.54, 1.807) is 20.8 Å². The minimum Gasteiger partial charge on any atom is -0.457 e. The van der Waals surface area contributed by atoms with Crippen LogP contribution in [0, 0.1) is 0 Å². The topological polar surface area (TPSA) is 122 Å². The fraction of sp³-hybridized carbons (Fsp3) is 0.615. The largest absolute Gasteiger partial charge is 0.519 e. The first kappa shape index (κ1) is 18.4. The lowest BCUT2D eigenvalue weighted by molar-refractivity contribution is -0.178. The van der Waals surface area contributed by atoms with Crippen molar-refractivity contribution in [3.63, 3.8) is 0 Å². The van der Waals surface area contributed by atoms with Crippen LogP contribution in [-0.2, 0) is 24.4 Å². The minimum atomic E-state index is -1.57. The van der Waals surface area contributed by atoms with Gasteiger partial charge in [0.2, 0.25) is 5.76 Å². The van der Waals surface area contributed by atoms with Crippen molar-refractivity contribution in [2.45, 2.75) is 50.8 Å². The zero-order valence-electron chi connectivity index (χ0n) is 12.7. The maximum Gasteiger partial charge on any atom is 0.519 e. The van der Waals surface area contributed by atoms with E-state index in [-0.39, 0.29) is 16.9 Å². The van der Waals surface area contributed by atoms with Crippen LogP contribution in [0.25, 0.3) is 0 Å². The average molecular weight is 380 g/mol. The van der Waals surface area contributed by atoms with E-state index in [4.69, 9.17) is 24.0 Å². The van der Waals surface area contributed by atoms with Gasteiger partial charge in [-0.1, -0.05) is 15.9 Å². The maximum atomic E-state index is 12.2. The number of esters is 2. The molecule has 0 aliphatic carbocycles. The van der Waals surface area contributed by atoms with Crippen LogP contribution in [0.2, 0.25) is 0 Å². The lowest BCUT2D eigenvalue weighted by Gasteiger charge is -2.23. The number of hydrogen-bond acceptors (Lipinski definition) is 8. The molecule has 0 aliphatic rings. The summed E-state index contributed by atoms with van der Waals surface area (Å²) in [7, 11) is 0. The first-order chi connectivity index (χ1) is 10.0. The van der Waals surface area contributed by atoms with Crippen LogP contribution in [0.5, 0.6) is 0 Å². The molecule has 2 atom stereocenters. The summed E-state index contributed by atoms with van der Waals surface area (Å²) in [6.45, 7) is 6.33. The van der Waals surface area contributed by atoms with Crippen molar-refractivity contribution < 1.29 is 27.9 Å². The highest BCUT2D eigenvalue weighted by atomic mass is 79.9. The van der Waals surface area contributed by atoms with E-state index in [1.807, 2.05) is 0 Å². The second kappa shape index (κ2) is 7.10. The van der Waals surface area contributed by atoms with Crippen LogP contribution in [0.1, 0.15) is 45.3 Å². The summed E-state index contributed by atoms with van der Waals surface area (Å²) in [5.41, 5.74) is 4.59. The molecule has 8 nitrogen and oxygen atoms in total. The van der Waals surface area contributed by atoms with Gasteiger partial charge in [-0.2, -0.15) is 0 Å². The molecule has 1 heterocycles. The number of halogens is 1. The Kier molecular flexibility index (Phi) is 5.95. The van der Waals surface area contributed by atoms with E-state index in [9.17, 15) is 14.4 Å². The van der Waals surface area contributed by atoms with Crippen molar-refractivity contribution >= 4 is 27.9 Å². The molecule has 0 aliphatic heterocycles. The van der Waals surface area contributed by atoms with Crippen LogP contribution in [0.3, 0.4) is 0 Å². The predicted molar refractivity (Wildman–Crippen MR) is 78.2 cm³/mol. The third-order valence-electron chi connectivity index (χ3n) is 2.26. The quantitative estimate of drug-likeness (QED) is 0.601. The van der Waals surface area contributed by atoms with Gasteiger partial charge in [0.1, 0.15) is 11.6 Å². The van der Waals surface area contributed by atoms with Gasteiger partial charge in [0.25, 0.3) is 6.10 Å². The highest BCUT2D eigenvalue weighted by Gasteiger charge is 2.36. The van der Waals surface area contributed by atoms with Crippen LogP contribution in [0.4, 0.5) is 0 Å². The van der Waals surface area contributed by atoms with Gasteiger partial charge < -0.3 is 24.0 Å². The molecular formula is C13H18BrNO7. The Bertz CT molecular complexity index is 596. The number of carbonyl (C=O) groups is 2. The van der Waals surface area contributed by atoms with E-state index < -0.39 is 35.5 Å². The Hall–Kier alpha value is -1.61. The van der Waals surface area contributed by atoms with E-state index >= 15 is 0 Å². The number of nitrogens with two attached hydrogens (primary N) is 1. The van der Waals surface area contributed by atoms with Gasteiger partial charge in [0.05, 0.1) is 5.33 Å². The molecule has 1 unspecified atom stereocenters.